The number of para-hydroxylation sites is 2. The van der Waals surface area contributed by atoms with Crippen LogP contribution in [0.3, 0.4) is 0 Å². The van der Waals surface area contributed by atoms with Gasteiger partial charge in [0.15, 0.2) is 0 Å². The largest absolute Gasteiger partial charge is 0.497 e. The van der Waals surface area contributed by atoms with Gasteiger partial charge >= 0.3 is 6.61 Å². The first-order chi connectivity index (χ1) is 16.1. The van der Waals surface area contributed by atoms with Gasteiger partial charge in [-0.15, -0.1) is 0 Å². The quantitative estimate of drug-likeness (QED) is 0.491. The number of hydrogen-bond donors (Lipinski definition) is 0. The topological polar surface area (TPSA) is 52.5 Å². The number of hydrogen-bond acceptors (Lipinski definition) is 6. The molecule has 0 bridgehead atoms. The van der Waals surface area contributed by atoms with Crippen LogP contribution >= 0.6 is 0 Å². The van der Waals surface area contributed by atoms with Crippen molar-refractivity contribution < 1.29 is 27.7 Å². The summed E-state index contributed by atoms with van der Waals surface area (Å²) in [5.41, 5.74) is 3.09. The first-order valence-electron chi connectivity index (χ1n) is 10.5. The van der Waals surface area contributed by atoms with E-state index in [4.69, 9.17) is 24.0 Å². The van der Waals surface area contributed by atoms with Gasteiger partial charge in [0, 0.05) is 23.6 Å². The van der Waals surface area contributed by atoms with Gasteiger partial charge in [0.1, 0.15) is 23.0 Å². The molecule has 5 rings (SSSR count). The summed E-state index contributed by atoms with van der Waals surface area (Å²) in [6.45, 7) is -2.95. The molecule has 2 heterocycles. The van der Waals surface area contributed by atoms with Gasteiger partial charge in [0.05, 0.1) is 31.5 Å². The molecule has 170 valence electrons. The third-order valence-corrected chi connectivity index (χ3v) is 5.82. The van der Waals surface area contributed by atoms with Crippen LogP contribution in [0.1, 0.15) is 35.4 Å². The van der Waals surface area contributed by atoms with Crippen LogP contribution in [0.25, 0.3) is 0 Å². The third-order valence-electron chi connectivity index (χ3n) is 5.82. The van der Waals surface area contributed by atoms with E-state index in [0.717, 1.165) is 16.8 Å². The van der Waals surface area contributed by atoms with Crippen LogP contribution in [0.15, 0.2) is 71.8 Å². The minimum absolute atomic E-state index is 0.0568. The molecule has 0 saturated heterocycles. The molecule has 2 aliphatic heterocycles. The van der Waals surface area contributed by atoms with Gasteiger partial charge in [-0.05, 0) is 30.3 Å². The van der Waals surface area contributed by atoms with Crippen molar-refractivity contribution in [2.75, 3.05) is 14.2 Å². The maximum Gasteiger partial charge on any atom is 0.387 e. The Bertz CT molecular complexity index is 1200. The average Bonchev–Trinajstić information content (AvgIpc) is 3.29. The van der Waals surface area contributed by atoms with E-state index in [1.165, 1.54) is 6.07 Å². The second kappa shape index (κ2) is 8.61. The van der Waals surface area contributed by atoms with Gasteiger partial charge in [0.2, 0.25) is 6.23 Å². The number of halogens is 2. The van der Waals surface area contributed by atoms with Crippen molar-refractivity contribution in [2.24, 2.45) is 5.10 Å². The van der Waals surface area contributed by atoms with Crippen molar-refractivity contribution in [3.8, 4) is 23.0 Å². The SMILES string of the molecule is COc1ccc(C2=NN3[C@@H](c4ccccc4OC(F)F)Oc4ccccc4[C@@H]3C2)c(OC)c1. The number of ether oxygens (including phenoxy) is 4. The Labute approximate surface area is 189 Å². The highest BCUT2D eigenvalue weighted by molar-refractivity contribution is 6.04. The smallest absolute Gasteiger partial charge is 0.387 e. The number of alkyl halides is 2. The van der Waals surface area contributed by atoms with Gasteiger partial charge < -0.3 is 18.9 Å². The Kier molecular flexibility index (Phi) is 5.50. The van der Waals surface area contributed by atoms with E-state index < -0.39 is 12.8 Å². The minimum atomic E-state index is -2.95. The summed E-state index contributed by atoms with van der Waals surface area (Å²) in [4.78, 5) is 0. The molecule has 0 spiro atoms. The second-order valence-electron chi connectivity index (χ2n) is 7.64. The summed E-state index contributed by atoms with van der Waals surface area (Å²) in [5.74, 6) is 2.06. The molecule has 0 fully saturated rings. The minimum Gasteiger partial charge on any atom is -0.497 e. The summed E-state index contributed by atoms with van der Waals surface area (Å²) in [7, 11) is 3.19. The Morgan fingerprint density at radius 1 is 0.939 bits per heavy atom. The van der Waals surface area contributed by atoms with Crippen LogP contribution in [-0.2, 0) is 0 Å². The zero-order chi connectivity index (χ0) is 22.9. The maximum atomic E-state index is 13.1. The Morgan fingerprint density at radius 2 is 1.70 bits per heavy atom. The van der Waals surface area contributed by atoms with E-state index in [1.54, 1.807) is 32.4 Å². The molecule has 2 aliphatic rings. The molecule has 6 nitrogen and oxygen atoms in total. The zero-order valence-electron chi connectivity index (χ0n) is 18.1. The molecule has 0 radical (unpaired) electrons. The lowest BCUT2D eigenvalue weighted by molar-refractivity contribution is -0.0578. The number of methoxy groups -OCH3 is 2. The fourth-order valence-corrected chi connectivity index (χ4v) is 4.33. The van der Waals surface area contributed by atoms with Crippen LogP contribution in [-0.4, -0.2) is 31.6 Å². The van der Waals surface area contributed by atoms with Gasteiger partial charge in [-0.3, -0.25) is 0 Å². The summed E-state index contributed by atoms with van der Waals surface area (Å²) >= 11 is 0. The van der Waals surface area contributed by atoms with E-state index in [1.807, 2.05) is 47.5 Å². The Hall–Kier alpha value is -3.81. The highest BCUT2D eigenvalue weighted by Gasteiger charge is 2.42. The van der Waals surface area contributed by atoms with Crippen LogP contribution in [0.2, 0.25) is 0 Å². The summed E-state index contributed by atoms with van der Waals surface area (Å²) in [6, 6.07) is 19.8. The standard InChI is InChI=1S/C25H22F2N2O4/c1-30-15-11-12-16(23(13-15)31-2)19-14-20-17-7-3-5-9-21(17)32-24(29(20)28-19)18-8-4-6-10-22(18)33-25(26)27/h3-13,20,24-25H,14H2,1-2H3/t20-,24+/m0/s1. The van der Waals surface area contributed by atoms with Crippen LogP contribution < -0.4 is 18.9 Å². The van der Waals surface area contributed by atoms with Gasteiger partial charge in [0.25, 0.3) is 0 Å². The number of benzene rings is 3. The number of fused-ring (bicyclic) bond motifs is 3. The van der Waals surface area contributed by atoms with Crippen molar-refractivity contribution >= 4 is 5.71 Å². The average molecular weight is 452 g/mol. The summed E-state index contributed by atoms with van der Waals surface area (Å²) < 4.78 is 48.1. The Morgan fingerprint density at radius 3 is 2.45 bits per heavy atom. The predicted octanol–water partition coefficient (Wildman–Crippen LogP) is 5.55. The molecule has 3 aromatic rings. The number of hydrazone groups is 1. The molecule has 0 aromatic heterocycles. The second-order valence-corrected chi connectivity index (χ2v) is 7.64. The molecule has 2 atom stereocenters. The molecule has 0 aliphatic carbocycles. The van der Waals surface area contributed by atoms with Crippen LogP contribution in [0.4, 0.5) is 8.78 Å². The molecular weight excluding hydrogens is 430 g/mol. The van der Waals surface area contributed by atoms with E-state index in [2.05, 4.69) is 0 Å². The van der Waals surface area contributed by atoms with Crippen molar-refractivity contribution in [2.45, 2.75) is 25.3 Å². The number of nitrogens with zero attached hydrogens (tertiary/aromatic N) is 2. The number of rotatable bonds is 6. The van der Waals surface area contributed by atoms with Gasteiger partial charge in [-0.2, -0.15) is 13.9 Å². The highest BCUT2D eigenvalue weighted by atomic mass is 19.3. The molecule has 0 unspecified atom stereocenters. The highest BCUT2D eigenvalue weighted by Crippen LogP contribution is 2.49. The van der Waals surface area contributed by atoms with E-state index in [-0.39, 0.29) is 11.8 Å². The third kappa shape index (κ3) is 3.82. The zero-order valence-corrected chi connectivity index (χ0v) is 18.1. The normalized spacial score (nSPS) is 18.8. The van der Waals surface area contributed by atoms with E-state index >= 15 is 0 Å². The van der Waals surface area contributed by atoms with Gasteiger partial charge in [-0.25, -0.2) is 5.01 Å². The lowest BCUT2D eigenvalue weighted by Crippen LogP contribution is -2.34. The predicted molar refractivity (Wildman–Crippen MR) is 118 cm³/mol. The van der Waals surface area contributed by atoms with Crippen molar-refractivity contribution in [3.05, 3.63) is 83.4 Å². The van der Waals surface area contributed by atoms with Crippen molar-refractivity contribution in [1.29, 1.82) is 0 Å². The first kappa shape index (κ1) is 21.1. The van der Waals surface area contributed by atoms with Crippen molar-refractivity contribution in [3.63, 3.8) is 0 Å². The van der Waals surface area contributed by atoms with Crippen LogP contribution in [0, 0.1) is 0 Å². The summed E-state index contributed by atoms with van der Waals surface area (Å²) in [5, 5.41) is 6.70. The lowest BCUT2D eigenvalue weighted by atomic mass is 9.95. The maximum absolute atomic E-state index is 13.1. The van der Waals surface area contributed by atoms with E-state index in [0.29, 0.717) is 29.2 Å². The van der Waals surface area contributed by atoms with Crippen molar-refractivity contribution in [1.82, 2.24) is 5.01 Å². The monoisotopic (exact) mass is 452 g/mol. The fraction of sp³-hybridized carbons (Fsp3) is 0.240. The fourth-order valence-electron chi connectivity index (χ4n) is 4.33. The first-order valence-corrected chi connectivity index (χ1v) is 10.5. The molecular formula is C25H22F2N2O4. The van der Waals surface area contributed by atoms with Crippen LogP contribution in [0.5, 0.6) is 23.0 Å². The molecule has 0 saturated carbocycles. The lowest BCUT2D eigenvalue weighted by Gasteiger charge is -2.38. The van der Waals surface area contributed by atoms with E-state index in [9.17, 15) is 8.78 Å². The molecule has 33 heavy (non-hydrogen) atoms. The molecule has 0 amide bonds. The Balaban J connectivity index is 1.60. The molecule has 0 N–H and O–H groups in total. The molecule has 3 aromatic carbocycles. The summed E-state index contributed by atoms with van der Waals surface area (Å²) in [6.07, 6.45) is -0.140. The van der Waals surface area contributed by atoms with Gasteiger partial charge in [-0.1, -0.05) is 30.3 Å². The molecule has 8 heteroatoms.